The molecule has 132 valence electrons. The molecule has 1 amide bonds. The summed E-state index contributed by atoms with van der Waals surface area (Å²) in [6, 6.07) is 6.16. The maximum Gasteiger partial charge on any atom is 0.411 e. The summed E-state index contributed by atoms with van der Waals surface area (Å²) in [5.41, 5.74) is 2.78. The summed E-state index contributed by atoms with van der Waals surface area (Å²) in [6.45, 7) is 2.92. The number of amides is 1. The van der Waals surface area contributed by atoms with Crippen LogP contribution in [0.4, 0.5) is 4.79 Å². The van der Waals surface area contributed by atoms with Gasteiger partial charge in [0.1, 0.15) is 16.9 Å². The lowest BCUT2D eigenvalue weighted by Gasteiger charge is -2.47. The number of fused-ring (bicyclic) bond motifs is 6. The van der Waals surface area contributed by atoms with Gasteiger partial charge in [-0.15, -0.1) is 0 Å². The highest BCUT2D eigenvalue weighted by Gasteiger charge is 2.65. The van der Waals surface area contributed by atoms with Crippen LogP contribution in [0.15, 0.2) is 18.2 Å². The third kappa shape index (κ3) is 1.76. The first-order valence-corrected chi connectivity index (χ1v) is 9.29. The highest BCUT2D eigenvalue weighted by atomic mass is 16.6. The molecule has 1 aliphatic carbocycles. The van der Waals surface area contributed by atoms with Crippen LogP contribution in [0.2, 0.25) is 0 Å². The van der Waals surface area contributed by atoms with Gasteiger partial charge >= 0.3 is 6.09 Å². The van der Waals surface area contributed by atoms with Crippen molar-refractivity contribution in [2.24, 2.45) is 0 Å². The molecule has 1 aromatic heterocycles. The summed E-state index contributed by atoms with van der Waals surface area (Å²) in [7, 11) is 1.70. The van der Waals surface area contributed by atoms with Gasteiger partial charge in [-0.25, -0.2) is 4.79 Å². The standard InChI is InChI=1S/C20H24N2O3/c1-19-17-14(15-12-13(24-2)6-7-16(15)21-17)8-11-22(19)18(23)25-20(19)9-4-3-5-10-20/h6-7,12,21H,3-5,8-11H2,1-2H3. The molecule has 2 aromatic rings. The summed E-state index contributed by atoms with van der Waals surface area (Å²) < 4.78 is 11.5. The number of rotatable bonds is 1. The maximum absolute atomic E-state index is 12.7. The molecule has 25 heavy (non-hydrogen) atoms. The Morgan fingerprint density at radius 1 is 1.24 bits per heavy atom. The first-order valence-electron chi connectivity index (χ1n) is 9.29. The van der Waals surface area contributed by atoms with E-state index < -0.39 is 11.1 Å². The monoisotopic (exact) mass is 340 g/mol. The smallest absolute Gasteiger partial charge is 0.411 e. The number of methoxy groups -OCH3 is 1. The zero-order valence-corrected chi connectivity index (χ0v) is 14.9. The fourth-order valence-corrected chi connectivity index (χ4v) is 5.39. The predicted octanol–water partition coefficient (Wildman–Crippen LogP) is 4.10. The molecule has 3 aliphatic rings. The number of carbonyl (C=O) groups excluding carboxylic acids is 1. The van der Waals surface area contributed by atoms with Gasteiger partial charge in [0.05, 0.1) is 7.11 Å². The topological polar surface area (TPSA) is 54.6 Å². The first-order chi connectivity index (χ1) is 12.1. The van der Waals surface area contributed by atoms with Crippen molar-refractivity contribution in [2.45, 2.75) is 56.6 Å². The maximum atomic E-state index is 12.7. The lowest BCUT2D eigenvalue weighted by Crippen LogP contribution is -2.57. The summed E-state index contributed by atoms with van der Waals surface area (Å²) >= 11 is 0. The summed E-state index contributed by atoms with van der Waals surface area (Å²) in [5.74, 6) is 0.869. The number of H-pyrrole nitrogens is 1. The number of carbonyl (C=O) groups is 1. The van der Waals surface area contributed by atoms with Crippen LogP contribution in [0.25, 0.3) is 10.9 Å². The zero-order chi connectivity index (χ0) is 17.2. The van der Waals surface area contributed by atoms with Crippen LogP contribution in [0.5, 0.6) is 5.75 Å². The van der Waals surface area contributed by atoms with E-state index in [4.69, 9.17) is 9.47 Å². The second-order valence-corrected chi connectivity index (χ2v) is 7.79. The lowest BCUT2D eigenvalue weighted by molar-refractivity contribution is -0.0451. The molecular formula is C20H24N2O3. The quantitative estimate of drug-likeness (QED) is 0.850. The number of hydrogen-bond acceptors (Lipinski definition) is 3. The van der Waals surface area contributed by atoms with E-state index >= 15 is 0 Å². The van der Waals surface area contributed by atoms with Crippen LogP contribution in [-0.2, 0) is 16.7 Å². The first kappa shape index (κ1) is 15.1. The minimum atomic E-state index is -0.412. The molecule has 1 unspecified atom stereocenters. The van der Waals surface area contributed by atoms with Gasteiger partial charge in [-0.05, 0) is 62.8 Å². The Kier molecular flexibility index (Phi) is 2.98. The highest BCUT2D eigenvalue weighted by Crippen LogP contribution is 2.56. The third-order valence-electron chi connectivity index (χ3n) is 6.78. The van der Waals surface area contributed by atoms with E-state index in [1.807, 2.05) is 11.0 Å². The molecule has 1 saturated carbocycles. The zero-order valence-electron chi connectivity index (χ0n) is 14.9. The Labute approximate surface area is 147 Å². The van der Waals surface area contributed by atoms with E-state index in [1.165, 1.54) is 17.4 Å². The van der Waals surface area contributed by atoms with Gasteiger partial charge in [0.2, 0.25) is 0 Å². The summed E-state index contributed by atoms with van der Waals surface area (Å²) in [5, 5.41) is 1.21. The Bertz CT molecular complexity index is 865. The molecule has 1 atom stereocenters. The van der Waals surface area contributed by atoms with Crippen molar-refractivity contribution < 1.29 is 14.3 Å². The lowest BCUT2D eigenvalue weighted by atomic mass is 9.67. The summed E-state index contributed by atoms with van der Waals surface area (Å²) in [4.78, 5) is 18.3. The van der Waals surface area contributed by atoms with Gasteiger partial charge in [0.25, 0.3) is 0 Å². The third-order valence-corrected chi connectivity index (χ3v) is 6.78. The average Bonchev–Trinajstić information content (AvgIpc) is 3.10. The molecule has 2 fully saturated rings. The van der Waals surface area contributed by atoms with E-state index in [-0.39, 0.29) is 6.09 Å². The van der Waals surface area contributed by atoms with E-state index in [2.05, 4.69) is 24.0 Å². The van der Waals surface area contributed by atoms with Gasteiger partial charge in [-0.1, -0.05) is 6.42 Å². The molecule has 1 N–H and O–H groups in total. The van der Waals surface area contributed by atoms with E-state index in [0.717, 1.165) is 49.1 Å². The highest BCUT2D eigenvalue weighted by molar-refractivity contribution is 5.88. The Hall–Kier alpha value is -2.17. The van der Waals surface area contributed by atoms with Gasteiger partial charge in [-0.2, -0.15) is 0 Å². The van der Waals surface area contributed by atoms with Crippen LogP contribution < -0.4 is 4.74 Å². The van der Waals surface area contributed by atoms with Crippen LogP contribution in [-0.4, -0.2) is 35.2 Å². The molecule has 5 rings (SSSR count). The van der Waals surface area contributed by atoms with E-state index in [1.54, 1.807) is 7.11 Å². The molecule has 1 aromatic carbocycles. The van der Waals surface area contributed by atoms with Gasteiger partial charge in [0.15, 0.2) is 0 Å². The van der Waals surface area contributed by atoms with Crippen LogP contribution in [0, 0.1) is 0 Å². The van der Waals surface area contributed by atoms with Crippen molar-refractivity contribution in [3.05, 3.63) is 29.5 Å². The number of nitrogens with one attached hydrogen (secondary N) is 1. The van der Waals surface area contributed by atoms with Crippen molar-refractivity contribution >= 4 is 17.0 Å². The molecular weight excluding hydrogens is 316 g/mol. The van der Waals surface area contributed by atoms with Crippen LogP contribution in [0.1, 0.15) is 50.3 Å². The van der Waals surface area contributed by atoms with Gasteiger partial charge < -0.3 is 14.5 Å². The molecule has 5 nitrogen and oxygen atoms in total. The second kappa shape index (κ2) is 4.93. The molecule has 3 heterocycles. The minimum absolute atomic E-state index is 0.147. The second-order valence-electron chi connectivity index (χ2n) is 7.79. The Morgan fingerprint density at radius 2 is 2.04 bits per heavy atom. The number of hydrogen-bond donors (Lipinski definition) is 1. The van der Waals surface area contributed by atoms with Crippen molar-refractivity contribution in [1.29, 1.82) is 0 Å². The van der Waals surface area contributed by atoms with Gasteiger partial charge in [0, 0.05) is 23.1 Å². The van der Waals surface area contributed by atoms with E-state index in [9.17, 15) is 4.79 Å². The van der Waals surface area contributed by atoms with Crippen LogP contribution in [0.3, 0.4) is 0 Å². The van der Waals surface area contributed by atoms with Gasteiger partial charge in [-0.3, -0.25) is 4.90 Å². The van der Waals surface area contributed by atoms with Crippen molar-refractivity contribution in [3.63, 3.8) is 0 Å². The number of aromatic amines is 1. The summed E-state index contributed by atoms with van der Waals surface area (Å²) in [6.07, 6.45) is 6.08. The fourth-order valence-electron chi connectivity index (χ4n) is 5.39. The minimum Gasteiger partial charge on any atom is -0.497 e. The SMILES string of the molecule is COc1ccc2[nH]c3c(c2c1)CCN1C(=O)OC2(CCCCC2)C31C. The Balaban J connectivity index is 1.74. The molecule has 0 bridgehead atoms. The molecule has 2 aliphatic heterocycles. The van der Waals surface area contributed by atoms with Crippen molar-refractivity contribution in [2.75, 3.05) is 13.7 Å². The normalized spacial score (nSPS) is 27.3. The molecule has 1 spiro atoms. The average molecular weight is 340 g/mol. The predicted molar refractivity (Wildman–Crippen MR) is 94.9 cm³/mol. The number of benzene rings is 1. The van der Waals surface area contributed by atoms with E-state index in [0.29, 0.717) is 6.54 Å². The Morgan fingerprint density at radius 3 is 2.80 bits per heavy atom. The number of ether oxygens (including phenoxy) is 2. The molecule has 0 radical (unpaired) electrons. The number of aromatic nitrogens is 1. The number of nitrogens with zero attached hydrogens (tertiary/aromatic N) is 1. The molecule has 1 saturated heterocycles. The largest absolute Gasteiger partial charge is 0.497 e. The fraction of sp³-hybridized carbons (Fsp3) is 0.550. The van der Waals surface area contributed by atoms with Crippen molar-refractivity contribution in [1.82, 2.24) is 9.88 Å². The van der Waals surface area contributed by atoms with Crippen LogP contribution >= 0.6 is 0 Å². The molecule has 5 heteroatoms. The van der Waals surface area contributed by atoms with Crippen molar-refractivity contribution in [3.8, 4) is 5.75 Å².